The molecule has 0 spiro atoms. The Morgan fingerprint density at radius 1 is 0.662 bits per heavy atom. The lowest BCUT2D eigenvalue weighted by Gasteiger charge is -2.47. The van der Waals surface area contributed by atoms with Gasteiger partial charge in [0.2, 0.25) is 17.5 Å². The molecular weight excluding hydrogens is 993 g/mol. The zero-order valence-corrected chi connectivity index (χ0v) is 39.4. The number of aliphatic hydroxyl groups excluding tert-OH is 9. The number of carbonyl (C=O) groups excluding carboxylic acids is 1. The van der Waals surface area contributed by atoms with E-state index in [4.69, 9.17) is 51.8 Å². The third-order valence-electron chi connectivity index (χ3n) is 12.8. The maximum atomic E-state index is 14.5. The van der Waals surface area contributed by atoms with Crippen LogP contribution in [-0.2, 0) is 42.7 Å². The first-order valence-electron chi connectivity index (χ1n) is 23.0. The molecule has 0 amide bonds. The van der Waals surface area contributed by atoms with Crippen molar-refractivity contribution in [3.63, 3.8) is 0 Å². The van der Waals surface area contributed by atoms with Crippen LogP contribution in [0.2, 0.25) is 0 Å². The lowest BCUT2D eigenvalue weighted by molar-refractivity contribution is -0.365. The van der Waals surface area contributed by atoms with Crippen LogP contribution >= 0.6 is 0 Å². The second-order valence-corrected chi connectivity index (χ2v) is 17.9. The highest BCUT2D eigenvalue weighted by Gasteiger charge is 2.55. The number of hydrogen-bond donors (Lipinski definition) is 13. The Bertz CT molecular complexity index is 2680. The minimum atomic E-state index is -2.20. The summed E-state index contributed by atoms with van der Waals surface area (Å²) in [5.74, 6) is -3.95. The number of aliphatic hydroxyl groups is 9. The van der Waals surface area contributed by atoms with Gasteiger partial charge in [-0.05, 0) is 61.9 Å². The molecule has 3 aromatic carbocycles. The van der Waals surface area contributed by atoms with E-state index >= 15 is 0 Å². The molecule has 1 aromatic heterocycles. The number of esters is 1. The number of carbonyl (C=O) groups is 1. The summed E-state index contributed by atoms with van der Waals surface area (Å²) in [4.78, 5) is 28.3. The number of fused-ring (bicyclic) bond motifs is 1. The largest absolute Gasteiger partial charge is 0.508 e. The minimum absolute atomic E-state index is 0.0572. The lowest BCUT2D eigenvalue weighted by atomic mass is 9.97. The van der Waals surface area contributed by atoms with Crippen LogP contribution in [0.25, 0.3) is 28.4 Å². The molecule has 4 aromatic rings. The van der Waals surface area contributed by atoms with Gasteiger partial charge in [-0.15, -0.1) is 0 Å². The van der Waals surface area contributed by atoms with Gasteiger partial charge in [0.15, 0.2) is 48.3 Å². The van der Waals surface area contributed by atoms with E-state index in [1.165, 1.54) is 69.5 Å². The number of phenolic OH excluding ortho intramolecular Hbond substituents is 4. The van der Waals surface area contributed by atoms with E-state index in [9.17, 15) is 76.0 Å². The van der Waals surface area contributed by atoms with Gasteiger partial charge in [-0.1, -0.05) is 6.07 Å². The van der Waals surface area contributed by atoms with Gasteiger partial charge in [0.05, 0.1) is 32.5 Å². The molecule has 0 unspecified atom stereocenters. The molecule has 4 fully saturated rings. The van der Waals surface area contributed by atoms with E-state index in [1.807, 2.05) is 0 Å². The number of methoxy groups -OCH3 is 1. The molecule has 74 heavy (non-hydrogen) atoms. The molecule has 0 aliphatic carbocycles. The van der Waals surface area contributed by atoms with E-state index < -0.39 is 170 Å². The average Bonchev–Trinajstić information content (AvgIpc) is 3.36. The topological polar surface area (TPSA) is 403 Å². The van der Waals surface area contributed by atoms with Gasteiger partial charge in [0, 0.05) is 23.8 Å². The summed E-state index contributed by atoms with van der Waals surface area (Å²) >= 11 is 0. The summed E-state index contributed by atoms with van der Waals surface area (Å²) in [5.41, 5.74) is -1.06. The van der Waals surface area contributed by atoms with Crippen molar-refractivity contribution in [2.45, 2.75) is 131 Å². The van der Waals surface area contributed by atoms with Crippen molar-refractivity contribution in [3.05, 3.63) is 76.5 Å². The molecule has 0 saturated carbocycles. The summed E-state index contributed by atoms with van der Waals surface area (Å²) in [7, 11) is 1.30. The number of benzene rings is 3. The van der Waals surface area contributed by atoms with Crippen LogP contribution in [0.3, 0.4) is 0 Å². The van der Waals surface area contributed by atoms with Crippen molar-refractivity contribution in [1.82, 2.24) is 0 Å². The van der Waals surface area contributed by atoms with Crippen LogP contribution in [0.15, 0.2) is 69.9 Å². The fraction of sp³-hybridized carbons (Fsp3) is 0.500. The van der Waals surface area contributed by atoms with E-state index in [0.29, 0.717) is 5.56 Å². The fourth-order valence-corrected chi connectivity index (χ4v) is 8.66. The zero-order valence-electron chi connectivity index (χ0n) is 39.4. The second kappa shape index (κ2) is 22.6. The predicted molar refractivity (Wildman–Crippen MR) is 244 cm³/mol. The third-order valence-corrected chi connectivity index (χ3v) is 12.8. The van der Waals surface area contributed by atoms with Gasteiger partial charge in [0.25, 0.3) is 0 Å². The monoisotopic (exact) mass is 1050 g/mol. The summed E-state index contributed by atoms with van der Waals surface area (Å²) < 4.78 is 64.1. The highest BCUT2D eigenvalue weighted by Crippen LogP contribution is 2.40. The molecule has 4 saturated heterocycles. The number of aromatic hydroxyl groups is 4. The average molecular weight is 1050 g/mol. The second-order valence-electron chi connectivity index (χ2n) is 17.9. The molecular formula is C48H56O26. The van der Waals surface area contributed by atoms with E-state index in [1.54, 1.807) is 0 Å². The van der Waals surface area contributed by atoms with Crippen LogP contribution in [0, 0.1) is 0 Å². The van der Waals surface area contributed by atoms with Crippen molar-refractivity contribution in [1.29, 1.82) is 0 Å². The Morgan fingerprint density at radius 3 is 2.05 bits per heavy atom. The smallest absolute Gasteiger partial charge is 0.331 e. The van der Waals surface area contributed by atoms with Crippen LogP contribution in [0.5, 0.6) is 34.5 Å². The molecule has 26 heteroatoms. The molecule has 4 aliphatic heterocycles. The molecule has 404 valence electrons. The van der Waals surface area contributed by atoms with Crippen LogP contribution in [0.4, 0.5) is 0 Å². The van der Waals surface area contributed by atoms with Gasteiger partial charge in [-0.25, -0.2) is 4.79 Å². The maximum absolute atomic E-state index is 14.5. The fourth-order valence-electron chi connectivity index (χ4n) is 8.66. The lowest BCUT2D eigenvalue weighted by Crippen LogP contribution is -2.66. The van der Waals surface area contributed by atoms with Gasteiger partial charge < -0.3 is 118 Å². The molecule has 8 rings (SSSR count). The molecule has 0 radical (unpaired) electrons. The molecule has 13 N–H and O–H groups in total. The molecule has 0 bridgehead atoms. The first kappa shape index (κ1) is 54.5. The van der Waals surface area contributed by atoms with Crippen LogP contribution in [0.1, 0.15) is 19.4 Å². The first-order chi connectivity index (χ1) is 35.1. The van der Waals surface area contributed by atoms with Gasteiger partial charge in [-0.2, -0.15) is 0 Å². The summed E-state index contributed by atoms with van der Waals surface area (Å²) in [6, 6.07) is 11.0. The normalized spacial score (nSPS) is 35.6. The summed E-state index contributed by atoms with van der Waals surface area (Å²) in [6.45, 7) is 1.35. The molecule has 4 aliphatic rings. The van der Waals surface area contributed by atoms with Gasteiger partial charge in [-0.3, -0.25) is 4.79 Å². The summed E-state index contributed by atoms with van der Waals surface area (Å²) in [5, 5.41) is 139. The Morgan fingerprint density at radius 2 is 1.34 bits per heavy atom. The Labute approximate surface area is 418 Å². The molecule has 26 nitrogen and oxygen atoms in total. The van der Waals surface area contributed by atoms with Crippen molar-refractivity contribution in [3.8, 4) is 45.8 Å². The highest BCUT2D eigenvalue weighted by atomic mass is 16.8. The SMILES string of the molecule is COc1cc(C=CC(=O)O[C@@H]2[C@@H](O)[C@H](O[C@@H]3O[C@@H](C)[C@H](O)[C@@H](O)[C@H]3O)[C@@H](Oc3c(-c4ccc(O)cc4)oc4cc(O)cc(O)c4c3=O)O[C@H]2CO[C@H]2O[C@@H](C)[C@H](O)[C@@H](O[C@H]3OC[C@H](O)[C@@H](O)[C@@H]3O)[C@@H]2O)ccc1O. The zero-order chi connectivity index (χ0) is 53.4. The Kier molecular flexibility index (Phi) is 16.6. The van der Waals surface area contributed by atoms with E-state index in [0.717, 1.165) is 18.2 Å². The van der Waals surface area contributed by atoms with E-state index in [-0.39, 0.29) is 28.4 Å². The Balaban J connectivity index is 1.18. The van der Waals surface area contributed by atoms with Crippen molar-refractivity contribution >= 4 is 23.0 Å². The van der Waals surface area contributed by atoms with Gasteiger partial charge in [0.1, 0.15) is 95.4 Å². The van der Waals surface area contributed by atoms with Crippen molar-refractivity contribution in [2.75, 3.05) is 20.3 Å². The predicted octanol–water partition coefficient (Wildman–Crippen LogP) is -2.10. The number of ether oxygens (including phenoxy) is 10. The van der Waals surface area contributed by atoms with E-state index in [2.05, 4.69) is 0 Å². The van der Waals surface area contributed by atoms with Crippen molar-refractivity contribution < 1.29 is 123 Å². The number of hydrogen-bond acceptors (Lipinski definition) is 26. The maximum Gasteiger partial charge on any atom is 0.331 e. The molecule has 19 atom stereocenters. The Hall–Kier alpha value is -5.76. The first-order valence-corrected chi connectivity index (χ1v) is 23.0. The van der Waals surface area contributed by atoms with Gasteiger partial charge >= 0.3 is 5.97 Å². The highest BCUT2D eigenvalue weighted by molar-refractivity contribution is 5.88. The van der Waals surface area contributed by atoms with Crippen molar-refractivity contribution in [2.24, 2.45) is 0 Å². The standard InChI is InChI=1S/C48H56O26/c1-17-31(55)35(59)37(61)47(68-17)74-44-38(62)41(71-29(54)11-5-19-4-10-23(51)26(12-19)64-3)28(16-66-46-39(63)42(32(56)18(2)67-46)72-45-36(60)33(57)25(53)15-65-45)70-48(44)73-43-34(58)30-24(52)13-22(50)14-27(30)69-40(43)20-6-8-21(49)9-7-20/h4-14,17-18,25,28,31-33,35-39,41-42,44-53,55-57,59-63H,15-16H2,1-3H3/t17-,18-,25-,28-,31-,32-,33+,35+,36-,37+,38+,39-,41-,42+,44-,45+,46-,47-,48+/m0/s1. The van der Waals surface area contributed by atoms with Crippen LogP contribution < -0.4 is 14.9 Å². The third kappa shape index (κ3) is 11.3. The molecule has 5 heterocycles. The minimum Gasteiger partial charge on any atom is -0.508 e. The summed E-state index contributed by atoms with van der Waals surface area (Å²) in [6.07, 6.45) is -31.6. The number of rotatable bonds is 14. The van der Waals surface area contributed by atoms with Crippen LogP contribution in [-0.4, -0.2) is 209 Å². The quantitative estimate of drug-likeness (QED) is 0.0475. The number of phenols is 4.